The van der Waals surface area contributed by atoms with E-state index in [4.69, 9.17) is 9.47 Å². The van der Waals surface area contributed by atoms with Gasteiger partial charge in [-0.2, -0.15) is 0 Å². The Morgan fingerprint density at radius 2 is 2.16 bits per heavy atom. The normalized spacial score (nSPS) is 28.1. The fourth-order valence-corrected chi connectivity index (χ4v) is 4.79. The fourth-order valence-electron chi connectivity index (χ4n) is 4.79. The van der Waals surface area contributed by atoms with Crippen molar-refractivity contribution in [3.05, 3.63) is 59.4 Å². The number of pyridine rings is 1. The number of nitrogens with zero attached hydrogens (tertiary/aromatic N) is 1. The Bertz CT molecular complexity index is 734. The summed E-state index contributed by atoms with van der Waals surface area (Å²) in [4.78, 5) is 4.50. The average molecular weight is 338 g/mol. The molecule has 4 nitrogen and oxygen atoms in total. The molecule has 1 aromatic carbocycles. The third-order valence-electron chi connectivity index (χ3n) is 5.86. The zero-order valence-electron chi connectivity index (χ0n) is 15.0. The highest BCUT2D eigenvalue weighted by Crippen LogP contribution is 2.54. The Balaban J connectivity index is 1.58. The first kappa shape index (κ1) is 16.6. The molecule has 25 heavy (non-hydrogen) atoms. The van der Waals surface area contributed by atoms with Gasteiger partial charge in [-0.15, -0.1) is 0 Å². The molecular weight excluding hydrogens is 312 g/mol. The predicted octanol–water partition coefficient (Wildman–Crippen LogP) is 3.31. The summed E-state index contributed by atoms with van der Waals surface area (Å²) in [6, 6.07) is 13.0. The number of aromatic nitrogens is 1. The number of hydrogen-bond donors (Lipinski definition) is 1. The van der Waals surface area contributed by atoms with Crippen molar-refractivity contribution in [3.8, 4) is 5.75 Å². The van der Waals surface area contributed by atoms with Crippen LogP contribution in [0.3, 0.4) is 0 Å². The van der Waals surface area contributed by atoms with Crippen molar-refractivity contribution in [2.45, 2.75) is 37.8 Å². The molecule has 3 unspecified atom stereocenters. The average Bonchev–Trinajstić information content (AvgIpc) is 2.93. The molecular formula is C21H26N2O2. The molecule has 0 saturated carbocycles. The molecule has 2 aromatic rings. The summed E-state index contributed by atoms with van der Waals surface area (Å²) < 4.78 is 11.5. The molecule has 0 radical (unpaired) electrons. The van der Waals surface area contributed by atoms with Gasteiger partial charge in [-0.3, -0.25) is 4.98 Å². The summed E-state index contributed by atoms with van der Waals surface area (Å²) in [5.74, 6) is 0.914. The molecule has 0 amide bonds. The van der Waals surface area contributed by atoms with Gasteiger partial charge in [-0.05, 0) is 61.2 Å². The molecule has 1 saturated heterocycles. The summed E-state index contributed by atoms with van der Waals surface area (Å²) >= 11 is 0. The van der Waals surface area contributed by atoms with Crippen LogP contribution in [0.25, 0.3) is 0 Å². The van der Waals surface area contributed by atoms with E-state index in [9.17, 15) is 0 Å². The van der Waals surface area contributed by atoms with E-state index >= 15 is 0 Å². The molecule has 1 aliphatic heterocycles. The van der Waals surface area contributed by atoms with Crippen LogP contribution in [0.2, 0.25) is 0 Å². The van der Waals surface area contributed by atoms with Crippen LogP contribution < -0.4 is 10.1 Å². The Labute approximate surface area is 149 Å². The first-order valence-corrected chi connectivity index (χ1v) is 9.07. The van der Waals surface area contributed by atoms with Crippen LogP contribution in [0.4, 0.5) is 0 Å². The van der Waals surface area contributed by atoms with Crippen molar-refractivity contribution in [2.75, 3.05) is 20.8 Å². The minimum absolute atomic E-state index is 0.144. The standard InChI is InChI=1S/C21H26N2O2/c1-24-18-7-6-15-13-21(20(25-2)19(15)12-18)8-10-23-17(14-21)11-16-5-3-4-9-22-16/h3-7,9,12,17,20,23H,8,10-11,13-14H2,1-2H3. The predicted molar refractivity (Wildman–Crippen MR) is 97.8 cm³/mol. The van der Waals surface area contributed by atoms with Crippen molar-refractivity contribution < 1.29 is 9.47 Å². The first-order chi connectivity index (χ1) is 12.2. The van der Waals surface area contributed by atoms with Gasteiger partial charge in [-0.1, -0.05) is 12.1 Å². The van der Waals surface area contributed by atoms with Gasteiger partial charge < -0.3 is 14.8 Å². The van der Waals surface area contributed by atoms with E-state index < -0.39 is 0 Å². The van der Waals surface area contributed by atoms with Crippen LogP contribution in [0, 0.1) is 5.41 Å². The molecule has 1 aliphatic carbocycles. The maximum atomic E-state index is 6.03. The molecule has 3 atom stereocenters. The third kappa shape index (κ3) is 3.05. The zero-order chi connectivity index (χ0) is 17.3. The molecule has 1 N–H and O–H groups in total. The number of nitrogens with one attached hydrogen (secondary N) is 1. The topological polar surface area (TPSA) is 43.4 Å². The van der Waals surface area contributed by atoms with Crippen LogP contribution in [0.1, 0.15) is 35.8 Å². The van der Waals surface area contributed by atoms with E-state index in [-0.39, 0.29) is 11.5 Å². The van der Waals surface area contributed by atoms with Crippen LogP contribution in [0.15, 0.2) is 42.6 Å². The Hall–Kier alpha value is -1.91. The van der Waals surface area contributed by atoms with Gasteiger partial charge in [-0.25, -0.2) is 0 Å². The highest BCUT2D eigenvalue weighted by Gasteiger charge is 2.49. The molecule has 1 spiro atoms. The van der Waals surface area contributed by atoms with Crippen LogP contribution in [-0.4, -0.2) is 31.8 Å². The number of hydrogen-bond acceptors (Lipinski definition) is 4. The summed E-state index contributed by atoms with van der Waals surface area (Å²) in [5.41, 5.74) is 4.04. The molecule has 4 rings (SSSR count). The third-order valence-corrected chi connectivity index (χ3v) is 5.86. The quantitative estimate of drug-likeness (QED) is 0.929. The first-order valence-electron chi connectivity index (χ1n) is 9.07. The SMILES string of the molecule is COc1ccc2c(c1)C(OC)C1(CCNC(Cc3ccccn3)C1)C2. The second-order valence-corrected chi connectivity index (χ2v) is 7.35. The van der Waals surface area contributed by atoms with Crippen molar-refractivity contribution in [1.29, 1.82) is 0 Å². The molecule has 0 bridgehead atoms. The molecule has 2 aliphatic rings. The van der Waals surface area contributed by atoms with Gasteiger partial charge in [0.15, 0.2) is 0 Å². The van der Waals surface area contributed by atoms with Gasteiger partial charge >= 0.3 is 0 Å². The largest absolute Gasteiger partial charge is 0.497 e. The highest BCUT2D eigenvalue weighted by atomic mass is 16.5. The number of fused-ring (bicyclic) bond motifs is 1. The zero-order valence-corrected chi connectivity index (χ0v) is 15.0. The maximum absolute atomic E-state index is 6.03. The van der Waals surface area contributed by atoms with Gasteiger partial charge in [0.1, 0.15) is 5.75 Å². The van der Waals surface area contributed by atoms with Gasteiger partial charge in [0, 0.05) is 36.9 Å². The number of ether oxygens (including phenoxy) is 2. The van der Waals surface area contributed by atoms with Crippen LogP contribution in [0.5, 0.6) is 5.75 Å². The Kier molecular flexibility index (Phi) is 4.48. The molecule has 1 fully saturated rings. The van der Waals surface area contributed by atoms with E-state index in [1.165, 1.54) is 11.1 Å². The lowest BCUT2D eigenvalue weighted by Crippen LogP contribution is -2.47. The number of benzene rings is 1. The van der Waals surface area contributed by atoms with E-state index in [0.717, 1.165) is 43.7 Å². The molecule has 132 valence electrons. The van der Waals surface area contributed by atoms with E-state index in [1.807, 2.05) is 19.4 Å². The van der Waals surface area contributed by atoms with Crippen molar-refractivity contribution in [2.24, 2.45) is 5.41 Å². The van der Waals surface area contributed by atoms with Crippen LogP contribution >= 0.6 is 0 Å². The number of piperidine rings is 1. The second kappa shape index (κ2) is 6.77. The summed E-state index contributed by atoms with van der Waals surface area (Å²) in [7, 11) is 3.57. The monoisotopic (exact) mass is 338 g/mol. The molecule has 2 heterocycles. The minimum Gasteiger partial charge on any atom is -0.497 e. The van der Waals surface area contributed by atoms with E-state index in [1.54, 1.807) is 7.11 Å². The molecule has 1 aromatic heterocycles. The smallest absolute Gasteiger partial charge is 0.119 e. The summed E-state index contributed by atoms with van der Waals surface area (Å²) in [6.45, 7) is 1.03. The van der Waals surface area contributed by atoms with E-state index in [2.05, 4.69) is 40.6 Å². The molecule has 4 heteroatoms. The van der Waals surface area contributed by atoms with E-state index in [0.29, 0.717) is 6.04 Å². The van der Waals surface area contributed by atoms with Crippen molar-refractivity contribution in [3.63, 3.8) is 0 Å². The lowest BCUT2D eigenvalue weighted by atomic mass is 9.71. The number of rotatable bonds is 4. The minimum atomic E-state index is 0.144. The number of methoxy groups -OCH3 is 2. The summed E-state index contributed by atoms with van der Waals surface area (Å²) in [5, 5.41) is 3.69. The van der Waals surface area contributed by atoms with Crippen molar-refractivity contribution >= 4 is 0 Å². The van der Waals surface area contributed by atoms with Crippen molar-refractivity contribution in [1.82, 2.24) is 10.3 Å². The van der Waals surface area contributed by atoms with Gasteiger partial charge in [0.05, 0.1) is 13.2 Å². The fraction of sp³-hybridized carbons (Fsp3) is 0.476. The van der Waals surface area contributed by atoms with Crippen LogP contribution in [-0.2, 0) is 17.6 Å². The second-order valence-electron chi connectivity index (χ2n) is 7.35. The lowest BCUT2D eigenvalue weighted by molar-refractivity contribution is -0.0291. The maximum Gasteiger partial charge on any atom is 0.119 e. The van der Waals surface area contributed by atoms with Gasteiger partial charge in [0.2, 0.25) is 0 Å². The summed E-state index contributed by atoms with van der Waals surface area (Å²) in [6.07, 6.45) is 6.33. The Morgan fingerprint density at radius 3 is 2.92 bits per heavy atom. The highest BCUT2D eigenvalue weighted by molar-refractivity contribution is 5.43. The van der Waals surface area contributed by atoms with Gasteiger partial charge in [0.25, 0.3) is 0 Å². The Morgan fingerprint density at radius 1 is 1.24 bits per heavy atom. The lowest BCUT2D eigenvalue weighted by Gasteiger charge is -2.42.